The number of nitrogens with one attached hydrogen (secondary N) is 1. The van der Waals surface area contributed by atoms with E-state index in [0.29, 0.717) is 11.4 Å². The first-order valence-corrected chi connectivity index (χ1v) is 5.62. The molecule has 0 unspecified atom stereocenters. The van der Waals surface area contributed by atoms with E-state index in [4.69, 9.17) is 5.41 Å². The van der Waals surface area contributed by atoms with E-state index in [2.05, 4.69) is 27.6 Å². The molecule has 1 aromatic rings. The van der Waals surface area contributed by atoms with Gasteiger partial charge < -0.3 is 0 Å². The second-order valence-corrected chi connectivity index (χ2v) is 4.24. The zero-order chi connectivity index (χ0) is 10.7. The van der Waals surface area contributed by atoms with Crippen LogP contribution in [0.5, 0.6) is 0 Å². The van der Waals surface area contributed by atoms with Crippen LogP contribution in [-0.2, 0) is 0 Å². The summed E-state index contributed by atoms with van der Waals surface area (Å²) < 4.78 is 1.10. The summed E-state index contributed by atoms with van der Waals surface area (Å²) >= 11 is 2.24. The van der Waals surface area contributed by atoms with E-state index >= 15 is 0 Å². The van der Waals surface area contributed by atoms with Crippen LogP contribution in [0.25, 0.3) is 0 Å². The number of nitrogens with zero attached hydrogens (tertiary/aromatic N) is 1. The van der Waals surface area contributed by atoms with Gasteiger partial charge >= 0.3 is 0 Å². The van der Waals surface area contributed by atoms with Gasteiger partial charge in [0.05, 0.1) is 17.1 Å². The highest BCUT2D eigenvalue weighted by atomic mass is 127. The second-order valence-electron chi connectivity index (χ2n) is 3.08. The predicted octanol–water partition coefficient (Wildman–Crippen LogP) is 3.51. The van der Waals surface area contributed by atoms with Crippen molar-refractivity contribution in [3.8, 4) is 0 Å². The molecule has 0 saturated carbocycles. The molecule has 15 heavy (non-hydrogen) atoms. The van der Waals surface area contributed by atoms with Crippen molar-refractivity contribution in [2.45, 2.75) is 0 Å². The molecule has 3 heteroatoms. The molecule has 0 heterocycles. The summed E-state index contributed by atoms with van der Waals surface area (Å²) in [4.78, 5) is 4.45. The molecule has 0 spiro atoms. The van der Waals surface area contributed by atoms with Gasteiger partial charge in [0.25, 0.3) is 0 Å². The van der Waals surface area contributed by atoms with Crippen molar-refractivity contribution >= 4 is 39.7 Å². The van der Waals surface area contributed by atoms with E-state index in [-0.39, 0.29) is 0 Å². The topological polar surface area (TPSA) is 36.2 Å². The second kappa shape index (κ2) is 4.53. The quantitative estimate of drug-likeness (QED) is 0.609. The number of aliphatic imine (C=N–C) groups is 1. The van der Waals surface area contributed by atoms with Crippen LogP contribution >= 0.6 is 22.6 Å². The first-order valence-electron chi connectivity index (χ1n) is 4.54. The van der Waals surface area contributed by atoms with Gasteiger partial charge in [0.1, 0.15) is 0 Å². The summed E-state index contributed by atoms with van der Waals surface area (Å²) in [6.07, 6.45) is 7.34. The third kappa shape index (κ3) is 2.41. The van der Waals surface area contributed by atoms with Crippen LogP contribution in [0, 0.1) is 8.98 Å². The number of benzene rings is 1. The Hall–Kier alpha value is -1.23. The van der Waals surface area contributed by atoms with Crippen molar-refractivity contribution in [3.63, 3.8) is 0 Å². The van der Waals surface area contributed by atoms with Crippen molar-refractivity contribution in [1.29, 1.82) is 5.41 Å². The summed E-state index contributed by atoms with van der Waals surface area (Å²) in [5.74, 6) is 0. The van der Waals surface area contributed by atoms with Crippen LogP contribution in [0.1, 0.15) is 0 Å². The molecule has 1 aliphatic rings. The lowest BCUT2D eigenvalue weighted by Gasteiger charge is -2.04. The standard InChI is InChI=1S/C12H9IN2/c13-9-5-1-3-7-11(9)15-12-8-4-2-6-10(12)14/h1-8,14H/b14-10?,15-12-. The third-order valence-corrected chi connectivity index (χ3v) is 2.91. The molecule has 74 valence electrons. The molecule has 0 fully saturated rings. The molecule has 0 aliphatic heterocycles. The van der Waals surface area contributed by atoms with Gasteiger partial charge in [-0.1, -0.05) is 24.3 Å². The van der Waals surface area contributed by atoms with Crippen molar-refractivity contribution in [1.82, 2.24) is 0 Å². The van der Waals surface area contributed by atoms with E-state index in [0.717, 1.165) is 9.26 Å². The van der Waals surface area contributed by atoms with E-state index in [1.165, 1.54) is 0 Å². The SMILES string of the molecule is N=C1C=CC=C/C1=N/c1ccccc1I. The lowest BCUT2D eigenvalue weighted by molar-refractivity contribution is 1.47. The summed E-state index contributed by atoms with van der Waals surface area (Å²) in [5, 5.41) is 7.69. The summed E-state index contributed by atoms with van der Waals surface area (Å²) in [7, 11) is 0. The van der Waals surface area contributed by atoms with Crippen LogP contribution in [0.3, 0.4) is 0 Å². The molecular formula is C12H9IN2. The minimum Gasteiger partial charge on any atom is -0.299 e. The largest absolute Gasteiger partial charge is 0.299 e. The number of allylic oxidation sites excluding steroid dienone is 4. The summed E-state index contributed by atoms with van der Waals surface area (Å²) in [5.41, 5.74) is 2.08. The van der Waals surface area contributed by atoms with Crippen LogP contribution in [-0.4, -0.2) is 11.4 Å². The lowest BCUT2D eigenvalue weighted by atomic mass is 10.1. The average Bonchev–Trinajstić information content (AvgIpc) is 2.24. The summed E-state index contributed by atoms with van der Waals surface area (Å²) in [6, 6.07) is 7.89. The van der Waals surface area contributed by atoms with Gasteiger partial charge in [-0.15, -0.1) is 0 Å². The molecule has 0 aromatic heterocycles. The smallest absolute Gasteiger partial charge is 0.0886 e. The minimum absolute atomic E-state index is 0.456. The zero-order valence-corrected chi connectivity index (χ0v) is 10.1. The number of rotatable bonds is 1. The van der Waals surface area contributed by atoms with E-state index < -0.39 is 0 Å². The number of para-hydroxylation sites is 1. The van der Waals surface area contributed by atoms with Gasteiger partial charge in [0.2, 0.25) is 0 Å². The van der Waals surface area contributed by atoms with Crippen LogP contribution in [0.4, 0.5) is 5.69 Å². The van der Waals surface area contributed by atoms with Crippen LogP contribution in [0.15, 0.2) is 53.6 Å². The molecule has 2 rings (SSSR count). The van der Waals surface area contributed by atoms with Gasteiger partial charge in [-0.2, -0.15) is 0 Å². The van der Waals surface area contributed by atoms with Crippen molar-refractivity contribution in [2.24, 2.45) is 4.99 Å². The molecule has 1 aliphatic carbocycles. The first-order chi connectivity index (χ1) is 7.27. The Bertz CT molecular complexity index is 484. The molecule has 0 saturated heterocycles. The average molecular weight is 308 g/mol. The summed E-state index contributed by atoms with van der Waals surface area (Å²) in [6.45, 7) is 0. The zero-order valence-electron chi connectivity index (χ0n) is 7.94. The normalized spacial score (nSPS) is 17.4. The molecule has 2 nitrogen and oxygen atoms in total. The fourth-order valence-corrected chi connectivity index (χ4v) is 1.75. The Morgan fingerprint density at radius 1 is 1.07 bits per heavy atom. The van der Waals surface area contributed by atoms with Crippen LogP contribution < -0.4 is 0 Å². The Morgan fingerprint density at radius 3 is 2.53 bits per heavy atom. The fraction of sp³-hybridized carbons (Fsp3) is 0. The maximum atomic E-state index is 7.69. The molecular weight excluding hydrogens is 299 g/mol. The molecule has 0 atom stereocenters. The number of hydrogen-bond donors (Lipinski definition) is 1. The van der Waals surface area contributed by atoms with E-state index in [1.807, 2.05) is 42.5 Å². The van der Waals surface area contributed by atoms with Crippen LogP contribution in [0.2, 0.25) is 0 Å². The Labute approximate surface area is 102 Å². The highest BCUT2D eigenvalue weighted by Gasteiger charge is 2.04. The first kappa shape index (κ1) is 10.3. The monoisotopic (exact) mass is 308 g/mol. The fourth-order valence-electron chi connectivity index (χ4n) is 1.24. The molecule has 1 N–H and O–H groups in total. The van der Waals surface area contributed by atoms with Gasteiger partial charge in [0.15, 0.2) is 0 Å². The predicted molar refractivity (Wildman–Crippen MR) is 72.3 cm³/mol. The molecule has 1 aromatic carbocycles. The minimum atomic E-state index is 0.456. The highest BCUT2D eigenvalue weighted by Crippen LogP contribution is 2.21. The number of halogens is 1. The van der Waals surface area contributed by atoms with Crippen molar-refractivity contribution < 1.29 is 0 Å². The maximum absolute atomic E-state index is 7.69. The highest BCUT2D eigenvalue weighted by molar-refractivity contribution is 14.1. The Morgan fingerprint density at radius 2 is 1.80 bits per heavy atom. The maximum Gasteiger partial charge on any atom is 0.0886 e. The molecule has 0 radical (unpaired) electrons. The van der Waals surface area contributed by atoms with E-state index in [9.17, 15) is 0 Å². The van der Waals surface area contributed by atoms with E-state index in [1.54, 1.807) is 6.08 Å². The van der Waals surface area contributed by atoms with Gasteiger partial charge in [-0.3, -0.25) is 5.41 Å². The van der Waals surface area contributed by atoms with Crippen molar-refractivity contribution in [3.05, 3.63) is 52.1 Å². The molecule has 0 amide bonds. The Balaban J connectivity index is 2.39. The third-order valence-electron chi connectivity index (χ3n) is 2.00. The van der Waals surface area contributed by atoms with Gasteiger partial charge in [-0.05, 0) is 46.9 Å². The lowest BCUT2D eigenvalue weighted by Crippen LogP contribution is -2.09. The van der Waals surface area contributed by atoms with Crippen molar-refractivity contribution in [2.75, 3.05) is 0 Å². The van der Waals surface area contributed by atoms with Gasteiger partial charge in [0, 0.05) is 3.57 Å². The molecule has 0 bridgehead atoms. The Kier molecular flexibility index (Phi) is 3.11. The van der Waals surface area contributed by atoms with Gasteiger partial charge in [-0.25, -0.2) is 4.99 Å². The number of hydrogen-bond acceptors (Lipinski definition) is 2.